The Bertz CT molecular complexity index is 2060. The predicted octanol–water partition coefficient (Wildman–Crippen LogP) is 5.45. The first kappa shape index (κ1) is 24.8. The molecule has 5 aromatic rings. The minimum atomic E-state index is -2.62. The highest BCUT2D eigenvalue weighted by Gasteiger charge is 2.37. The van der Waals surface area contributed by atoms with E-state index in [1.807, 2.05) is 6.92 Å². The van der Waals surface area contributed by atoms with Gasteiger partial charge in [-0.05, 0) is 76.9 Å². The molecule has 4 heterocycles. The summed E-state index contributed by atoms with van der Waals surface area (Å²) < 4.78 is 63.9. The van der Waals surface area contributed by atoms with E-state index in [4.69, 9.17) is 13.9 Å². The highest BCUT2D eigenvalue weighted by atomic mass is 19.1. The molecule has 0 fully saturated rings. The van der Waals surface area contributed by atoms with Crippen LogP contribution < -0.4 is 5.69 Å². The van der Waals surface area contributed by atoms with E-state index in [9.17, 15) is 14.0 Å². The van der Waals surface area contributed by atoms with Gasteiger partial charge in [0.15, 0.2) is 5.82 Å². The van der Waals surface area contributed by atoms with Crippen LogP contribution >= 0.6 is 0 Å². The number of rotatable bonds is 3. The van der Waals surface area contributed by atoms with Gasteiger partial charge in [-0.15, -0.1) is 0 Å². The monoisotopic (exact) mass is 592 g/mol. The molecule has 0 bridgehead atoms. The molecule has 0 unspecified atom stereocenters. The summed E-state index contributed by atoms with van der Waals surface area (Å²) in [5.74, 6) is -0.873. The zero-order valence-electron chi connectivity index (χ0n) is 27.6. The first-order valence-corrected chi connectivity index (χ1v) is 13.8. The van der Waals surface area contributed by atoms with Gasteiger partial charge >= 0.3 is 11.8 Å². The SMILES string of the molecule is [2H]C([2H])([2H])n1ncc2c(F)c(-n3ccn(-c4c5c(nn4-c4cc(C)c(F)c(C)c4)CCN(C(=O)OC(C)(C)C)[C@H]5C)c3=O)ccc21. The number of fused-ring (bicyclic) bond motifs is 2. The van der Waals surface area contributed by atoms with Crippen molar-refractivity contribution in [2.24, 2.45) is 6.98 Å². The quantitative estimate of drug-likeness (QED) is 0.278. The van der Waals surface area contributed by atoms with Gasteiger partial charge in [0, 0.05) is 42.0 Å². The van der Waals surface area contributed by atoms with E-state index in [1.165, 1.54) is 29.1 Å². The van der Waals surface area contributed by atoms with Crippen LogP contribution in [0.4, 0.5) is 13.6 Å². The molecular formula is C31H33F2N7O3. The van der Waals surface area contributed by atoms with E-state index in [1.54, 1.807) is 56.3 Å². The summed E-state index contributed by atoms with van der Waals surface area (Å²) in [7, 11) is 0. The summed E-state index contributed by atoms with van der Waals surface area (Å²) in [5.41, 5.74) is 1.07. The number of halogens is 2. The Balaban J connectivity index is 1.54. The molecular weight excluding hydrogens is 556 g/mol. The third-order valence-electron chi connectivity index (χ3n) is 7.67. The van der Waals surface area contributed by atoms with Crippen LogP contribution in [0.25, 0.3) is 28.1 Å². The number of carbonyl (C=O) groups is 1. The molecule has 224 valence electrons. The van der Waals surface area contributed by atoms with Crippen molar-refractivity contribution in [1.29, 1.82) is 0 Å². The van der Waals surface area contributed by atoms with Crippen molar-refractivity contribution in [2.75, 3.05) is 6.54 Å². The summed E-state index contributed by atoms with van der Waals surface area (Å²) in [5, 5.41) is 8.62. The van der Waals surface area contributed by atoms with Crippen molar-refractivity contribution in [3.8, 4) is 17.2 Å². The summed E-state index contributed by atoms with van der Waals surface area (Å²) in [6.45, 7) is 8.13. The first-order chi connectivity index (χ1) is 21.5. The Morgan fingerprint density at radius 2 is 1.79 bits per heavy atom. The van der Waals surface area contributed by atoms with Gasteiger partial charge < -0.3 is 9.64 Å². The molecule has 0 radical (unpaired) electrons. The molecule has 1 aliphatic heterocycles. The van der Waals surface area contributed by atoms with E-state index in [2.05, 4.69) is 5.10 Å². The molecule has 0 N–H and O–H groups in total. The maximum atomic E-state index is 15.9. The lowest BCUT2D eigenvalue weighted by molar-refractivity contribution is 0.0159. The number of hydrogen-bond donors (Lipinski definition) is 0. The Hall–Kier alpha value is -4.74. The summed E-state index contributed by atoms with van der Waals surface area (Å²) in [4.78, 5) is 28.9. The van der Waals surface area contributed by atoms with Gasteiger partial charge in [0.2, 0.25) is 0 Å². The normalized spacial score (nSPS) is 16.6. The number of carbonyl (C=O) groups excluding carboxylic acids is 1. The molecule has 1 atom stereocenters. The van der Waals surface area contributed by atoms with Crippen LogP contribution in [0.15, 0.2) is 47.7 Å². The van der Waals surface area contributed by atoms with Crippen molar-refractivity contribution in [2.45, 2.75) is 59.6 Å². The average molecular weight is 593 g/mol. The van der Waals surface area contributed by atoms with Crippen molar-refractivity contribution in [3.05, 3.63) is 87.4 Å². The van der Waals surface area contributed by atoms with Gasteiger partial charge in [0.25, 0.3) is 0 Å². The van der Waals surface area contributed by atoms with E-state index < -0.39 is 36.2 Å². The second-order valence-corrected chi connectivity index (χ2v) is 11.8. The van der Waals surface area contributed by atoms with E-state index in [0.717, 1.165) is 15.4 Å². The largest absolute Gasteiger partial charge is 0.444 e. The van der Waals surface area contributed by atoms with Crippen molar-refractivity contribution in [3.63, 3.8) is 0 Å². The van der Waals surface area contributed by atoms with Crippen LogP contribution in [0.2, 0.25) is 0 Å². The second kappa shape index (κ2) is 9.92. The number of aromatic nitrogens is 6. The molecule has 0 saturated heterocycles. The molecule has 1 aliphatic rings. The number of imidazole rings is 1. The Labute approximate surface area is 250 Å². The lowest BCUT2D eigenvalue weighted by Crippen LogP contribution is -2.42. The van der Waals surface area contributed by atoms with Crippen molar-refractivity contribution >= 4 is 17.0 Å². The Morgan fingerprint density at radius 1 is 1.09 bits per heavy atom. The lowest BCUT2D eigenvalue weighted by Gasteiger charge is -2.34. The molecule has 3 aromatic heterocycles. The fraction of sp³-hybridized carbons (Fsp3) is 0.355. The zero-order valence-corrected chi connectivity index (χ0v) is 24.6. The Kier molecular flexibility index (Phi) is 5.73. The molecule has 6 rings (SSSR count). The van der Waals surface area contributed by atoms with Gasteiger partial charge in [-0.3, -0.25) is 13.8 Å². The molecule has 0 spiro atoms. The summed E-state index contributed by atoms with van der Waals surface area (Å²) in [6.07, 6.45) is 3.82. The fourth-order valence-corrected chi connectivity index (χ4v) is 5.64. The minimum absolute atomic E-state index is 0.0546. The molecule has 12 heteroatoms. The Morgan fingerprint density at radius 3 is 2.47 bits per heavy atom. The van der Waals surface area contributed by atoms with E-state index >= 15 is 4.39 Å². The van der Waals surface area contributed by atoms with Crippen molar-refractivity contribution in [1.82, 2.24) is 33.6 Å². The molecule has 0 saturated carbocycles. The molecule has 0 aliphatic carbocycles. The van der Waals surface area contributed by atoms with Gasteiger partial charge in [0.05, 0.1) is 40.2 Å². The van der Waals surface area contributed by atoms with Gasteiger partial charge in [-0.2, -0.15) is 10.2 Å². The van der Waals surface area contributed by atoms with Crippen LogP contribution in [0.3, 0.4) is 0 Å². The number of hydrogen-bond acceptors (Lipinski definition) is 5. The third kappa shape index (κ3) is 4.61. The molecule has 1 amide bonds. The van der Waals surface area contributed by atoms with Crippen LogP contribution in [0.5, 0.6) is 0 Å². The zero-order chi connectivity index (χ0) is 33.5. The highest BCUT2D eigenvalue weighted by molar-refractivity contribution is 5.81. The smallest absolute Gasteiger partial charge is 0.410 e. The summed E-state index contributed by atoms with van der Waals surface area (Å²) in [6, 6.07) is 5.39. The predicted molar refractivity (Wildman–Crippen MR) is 157 cm³/mol. The van der Waals surface area contributed by atoms with Crippen molar-refractivity contribution < 1.29 is 22.4 Å². The fourth-order valence-electron chi connectivity index (χ4n) is 5.64. The molecule has 10 nitrogen and oxygen atoms in total. The number of benzene rings is 2. The van der Waals surface area contributed by atoms with Gasteiger partial charge in [-0.25, -0.2) is 23.1 Å². The first-order valence-electron chi connectivity index (χ1n) is 15.3. The minimum Gasteiger partial charge on any atom is -0.444 e. The van der Waals surface area contributed by atoms with Crippen LogP contribution in [-0.2, 0) is 18.1 Å². The van der Waals surface area contributed by atoms with E-state index in [0.29, 0.717) is 46.9 Å². The highest BCUT2D eigenvalue weighted by Crippen LogP contribution is 2.36. The van der Waals surface area contributed by atoms with Crippen LogP contribution in [-0.4, -0.2) is 51.8 Å². The maximum absolute atomic E-state index is 15.9. The summed E-state index contributed by atoms with van der Waals surface area (Å²) >= 11 is 0. The lowest BCUT2D eigenvalue weighted by atomic mass is 10.00. The molecule has 43 heavy (non-hydrogen) atoms. The standard InChI is InChI=1S/C31H33F2N7O3/c1-17-14-20(15-18(2)26(17)32)40-28(25-19(3)37(11-10-22(25)35-40)30(42)43-31(4,5)6)39-13-12-38(29(39)41)24-9-8-23-21(27(24)33)16-34-36(23)7/h8-9,12-16,19H,10-11H2,1-7H3/t19-/m0/s1/i7D3. The average Bonchev–Trinajstić information content (AvgIpc) is 3.66. The van der Waals surface area contributed by atoms with E-state index in [-0.39, 0.29) is 22.4 Å². The third-order valence-corrected chi connectivity index (χ3v) is 7.67. The van der Waals surface area contributed by atoms with Crippen LogP contribution in [0, 0.1) is 25.5 Å². The van der Waals surface area contributed by atoms with Crippen LogP contribution in [0.1, 0.15) is 60.2 Å². The second-order valence-electron chi connectivity index (χ2n) is 11.8. The topological polar surface area (TPSA) is 92.1 Å². The number of nitrogens with zero attached hydrogens (tertiary/aromatic N) is 7. The molecule has 2 aromatic carbocycles. The van der Waals surface area contributed by atoms with Gasteiger partial charge in [0.1, 0.15) is 17.2 Å². The number of ether oxygens (including phenoxy) is 1. The maximum Gasteiger partial charge on any atom is 0.410 e. The number of amides is 1. The number of aryl methyl sites for hydroxylation is 3. The van der Waals surface area contributed by atoms with Gasteiger partial charge in [-0.1, -0.05) is 0 Å².